The van der Waals surface area contributed by atoms with Crippen molar-refractivity contribution in [1.29, 1.82) is 0 Å². The van der Waals surface area contributed by atoms with E-state index in [9.17, 15) is 4.79 Å². The Bertz CT molecular complexity index is 527. The molecule has 2 aliphatic carbocycles. The lowest BCUT2D eigenvalue weighted by molar-refractivity contribution is -0.124. The number of nitrogens with zero attached hydrogens (tertiary/aromatic N) is 3. The minimum atomic E-state index is -0.507. The molecule has 1 amide bonds. The van der Waals surface area contributed by atoms with Crippen LogP contribution in [0.4, 0.5) is 0 Å². The normalized spacial score (nSPS) is 29.8. The van der Waals surface area contributed by atoms with E-state index in [1.165, 1.54) is 0 Å². The molecule has 110 valence electrons. The van der Waals surface area contributed by atoms with Crippen molar-refractivity contribution in [3.05, 3.63) is 5.82 Å². The summed E-state index contributed by atoms with van der Waals surface area (Å²) in [6, 6.07) is 0.489. The van der Waals surface area contributed by atoms with Gasteiger partial charge in [-0.1, -0.05) is 11.8 Å². The SMILES string of the molecule is Cc1nnc(SC2CCC(NC3CC3)(C(N)=O)C2)n1C. The number of primary amides is 1. The van der Waals surface area contributed by atoms with Gasteiger partial charge >= 0.3 is 0 Å². The molecule has 0 radical (unpaired) electrons. The molecule has 1 heterocycles. The summed E-state index contributed by atoms with van der Waals surface area (Å²) in [6.07, 6.45) is 4.92. The van der Waals surface area contributed by atoms with E-state index >= 15 is 0 Å². The molecule has 0 spiro atoms. The number of carbonyl (C=O) groups excluding carboxylic acids is 1. The highest BCUT2D eigenvalue weighted by Crippen LogP contribution is 2.41. The van der Waals surface area contributed by atoms with Crippen molar-refractivity contribution in [3.63, 3.8) is 0 Å². The Hall–Kier alpha value is -1.08. The summed E-state index contributed by atoms with van der Waals surface area (Å²) in [5, 5.41) is 13.0. The van der Waals surface area contributed by atoms with Crippen LogP contribution >= 0.6 is 11.8 Å². The molecule has 2 saturated carbocycles. The largest absolute Gasteiger partial charge is 0.368 e. The fourth-order valence-electron chi connectivity index (χ4n) is 2.78. The predicted octanol–water partition coefficient (Wildman–Crippen LogP) is 0.744. The number of aromatic nitrogens is 3. The summed E-state index contributed by atoms with van der Waals surface area (Å²) in [4.78, 5) is 11.9. The summed E-state index contributed by atoms with van der Waals surface area (Å²) in [7, 11) is 1.97. The Balaban J connectivity index is 1.68. The first kappa shape index (κ1) is 13.9. The van der Waals surface area contributed by atoms with Crippen LogP contribution in [-0.2, 0) is 11.8 Å². The predicted molar refractivity (Wildman–Crippen MR) is 77.3 cm³/mol. The van der Waals surface area contributed by atoms with Gasteiger partial charge in [0.1, 0.15) is 5.82 Å². The molecule has 3 rings (SSSR count). The van der Waals surface area contributed by atoms with Crippen LogP contribution in [0.5, 0.6) is 0 Å². The van der Waals surface area contributed by atoms with Crippen molar-refractivity contribution in [2.24, 2.45) is 12.8 Å². The van der Waals surface area contributed by atoms with Crippen molar-refractivity contribution in [2.75, 3.05) is 0 Å². The van der Waals surface area contributed by atoms with Crippen molar-refractivity contribution in [1.82, 2.24) is 20.1 Å². The maximum Gasteiger partial charge on any atom is 0.237 e. The van der Waals surface area contributed by atoms with E-state index in [0.717, 1.165) is 43.1 Å². The van der Waals surface area contributed by atoms with Gasteiger partial charge in [-0.2, -0.15) is 0 Å². The van der Waals surface area contributed by atoms with Crippen LogP contribution in [0, 0.1) is 6.92 Å². The average molecular weight is 295 g/mol. The molecule has 6 nitrogen and oxygen atoms in total. The van der Waals surface area contributed by atoms with Crippen LogP contribution < -0.4 is 11.1 Å². The van der Waals surface area contributed by atoms with Gasteiger partial charge in [-0.15, -0.1) is 10.2 Å². The molecule has 2 aliphatic rings. The number of aryl methyl sites for hydroxylation is 1. The second kappa shape index (κ2) is 5.04. The third-order valence-corrected chi connectivity index (χ3v) is 5.63. The van der Waals surface area contributed by atoms with Gasteiger partial charge in [0.05, 0.1) is 5.54 Å². The van der Waals surface area contributed by atoms with Gasteiger partial charge in [0.25, 0.3) is 0 Å². The Morgan fingerprint density at radius 3 is 2.75 bits per heavy atom. The van der Waals surface area contributed by atoms with Gasteiger partial charge < -0.3 is 15.6 Å². The molecular formula is C13H21N5OS. The van der Waals surface area contributed by atoms with Crippen LogP contribution in [0.2, 0.25) is 0 Å². The molecular weight excluding hydrogens is 274 g/mol. The van der Waals surface area contributed by atoms with Crippen molar-refractivity contribution < 1.29 is 4.79 Å². The number of carbonyl (C=O) groups is 1. The lowest BCUT2D eigenvalue weighted by atomic mass is 9.96. The fraction of sp³-hybridized carbons (Fsp3) is 0.769. The van der Waals surface area contributed by atoms with E-state index < -0.39 is 5.54 Å². The lowest BCUT2D eigenvalue weighted by Gasteiger charge is -2.27. The van der Waals surface area contributed by atoms with E-state index in [1.54, 1.807) is 11.8 Å². The van der Waals surface area contributed by atoms with Gasteiger partial charge in [-0.05, 0) is 39.0 Å². The maximum absolute atomic E-state index is 11.9. The van der Waals surface area contributed by atoms with Gasteiger partial charge in [-0.3, -0.25) is 4.79 Å². The van der Waals surface area contributed by atoms with Crippen LogP contribution in [-0.4, -0.2) is 37.5 Å². The second-order valence-corrected chi connectivity index (χ2v) is 7.20. The highest BCUT2D eigenvalue weighted by atomic mass is 32.2. The van der Waals surface area contributed by atoms with E-state index in [1.807, 2.05) is 18.5 Å². The van der Waals surface area contributed by atoms with Crippen molar-refractivity contribution in [3.8, 4) is 0 Å². The summed E-state index contributed by atoms with van der Waals surface area (Å²) in [6.45, 7) is 1.94. The molecule has 0 aliphatic heterocycles. The average Bonchev–Trinajstić information content (AvgIpc) is 3.04. The van der Waals surface area contributed by atoms with Gasteiger partial charge in [0.2, 0.25) is 5.91 Å². The highest BCUT2D eigenvalue weighted by Gasteiger charge is 2.47. The zero-order chi connectivity index (χ0) is 14.3. The number of rotatable bonds is 5. The molecule has 2 atom stereocenters. The number of hydrogen-bond acceptors (Lipinski definition) is 5. The zero-order valence-corrected chi connectivity index (χ0v) is 12.7. The molecule has 1 aromatic rings. The Labute approximate surface area is 122 Å². The zero-order valence-electron chi connectivity index (χ0n) is 11.9. The first-order chi connectivity index (χ1) is 9.50. The Morgan fingerprint density at radius 2 is 2.20 bits per heavy atom. The molecule has 20 heavy (non-hydrogen) atoms. The number of hydrogen-bond donors (Lipinski definition) is 2. The molecule has 0 saturated heterocycles. The topological polar surface area (TPSA) is 85.8 Å². The third-order valence-electron chi connectivity index (χ3n) is 4.32. The fourth-order valence-corrected chi connectivity index (χ4v) is 4.06. The van der Waals surface area contributed by atoms with Gasteiger partial charge in [0, 0.05) is 18.3 Å². The number of thioether (sulfide) groups is 1. The van der Waals surface area contributed by atoms with Crippen LogP contribution in [0.3, 0.4) is 0 Å². The Morgan fingerprint density at radius 1 is 1.45 bits per heavy atom. The smallest absolute Gasteiger partial charge is 0.237 e. The van der Waals surface area contributed by atoms with E-state index in [-0.39, 0.29) is 5.91 Å². The summed E-state index contributed by atoms with van der Waals surface area (Å²) in [5.41, 5.74) is 5.15. The summed E-state index contributed by atoms with van der Waals surface area (Å²) >= 11 is 1.71. The van der Waals surface area contributed by atoms with Crippen LogP contribution in [0.15, 0.2) is 5.16 Å². The van der Waals surface area contributed by atoms with Crippen LogP contribution in [0.1, 0.15) is 37.9 Å². The first-order valence-electron chi connectivity index (χ1n) is 7.10. The molecule has 2 fully saturated rings. The maximum atomic E-state index is 11.9. The molecule has 3 N–H and O–H groups in total. The monoisotopic (exact) mass is 295 g/mol. The summed E-state index contributed by atoms with van der Waals surface area (Å²) in [5.74, 6) is 0.699. The van der Waals surface area contributed by atoms with Gasteiger partial charge in [-0.25, -0.2) is 0 Å². The van der Waals surface area contributed by atoms with E-state index in [0.29, 0.717) is 11.3 Å². The van der Waals surface area contributed by atoms with Gasteiger partial charge in [0.15, 0.2) is 5.16 Å². The minimum absolute atomic E-state index is 0.207. The highest BCUT2D eigenvalue weighted by molar-refractivity contribution is 7.99. The number of amides is 1. The molecule has 1 aromatic heterocycles. The van der Waals surface area contributed by atoms with E-state index in [4.69, 9.17) is 5.73 Å². The van der Waals surface area contributed by atoms with Crippen molar-refractivity contribution in [2.45, 2.75) is 61.0 Å². The number of nitrogens with two attached hydrogens (primary N) is 1. The minimum Gasteiger partial charge on any atom is -0.368 e. The quantitative estimate of drug-likeness (QED) is 0.837. The molecule has 0 bridgehead atoms. The van der Waals surface area contributed by atoms with Crippen molar-refractivity contribution >= 4 is 17.7 Å². The molecule has 0 aromatic carbocycles. The lowest BCUT2D eigenvalue weighted by Crippen LogP contribution is -2.54. The summed E-state index contributed by atoms with van der Waals surface area (Å²) < 4.78 is 1.99. The molecule has 7 heteroatoms. The second-order valence-electron chi connectivity index (χ2n) is 5.94. The van der Waals surface area contributed by atoms with Crippen LogP contribution in [0.25, 0.3) is 0 Å². The first-order valence-corrected chi connectivity index (χ1v) is 7.98. The van der Waals surface area contributed by atoms with E-state index in [2.05, 4.69) is 15.5 Å². The molecule has 2 unspecified atom stereocenters. The standard InChI is InChI=1S/C13H21N5OS/c1-8-16-17-12(18(8)2)20-10-5-6-13(7-10,11(14)19)15-9-3-4-9/h9-10,15H,3-7H2,1-2H3,(H2,14,19). The Kier molecular flexibility index (Phi) is 3.50. The number of nitrogens with one attached hydrogen (secondary N) is 1. The third kappa shape index (κ3) is 2.56.